The van der Waals surface area contributed by atoms with Crippen LogP contribution in [0.2, 0.25) is 0 Å². The van der Waals surface area contributed by atoms with Crippen molar-refractivity contribution in [2.75, 3.05) is 31.4 Å². The second-order valence-corrected chi connectivity index (χ2v) is 9.07. The SMILES string of the molecule is CCOC(=O)Cn1c2nc(N(C)CC3CCC3)ccc2c(=O)c2ccc(C)c(SC)c21. The molecule has 164 valence electrons. The van der Waals surface area contributed by atoms with E-state index in [1.54, 1.807) is 18.7 Å². The van der Waals surface area contributed by atoms with Gasteiger partial charge in [-0.3, -0.25) is 9.59 Å². The minimum atomic E-state index is -0.336. The van der Waals surface area contributed by atoms with Crippen LogP contribution in [0, 0.1) is 12.8 Å². The molecule has 0 aliphatic heterocycles. The molecule has 2 heterocycles. The second-order valence-electron chi connectivity index (χ2n) is 8.25. The lowest BCUT2D eigenvalue weighted by Gasteiger charge is -2.30. The molecule has 6 nitrogen and oxygen atoms in total. The van der Waals surface area contributed by atoms with Crippen molar-refractivity contribution in [3.05, 3.63) is 40.1 Å². The third-order valence-corrected chi connectivity index (χ3v) is 7.07. The van der Waals surface area contributed by atoms with E-state index in [1.165, 1.54) is 19.3 Å². The Morgan fingerprint density at radius 3 is 2.65 bits per heavy atom. The van der Waals surface area contributed by atoms with Gasteiger partial charge < -0.3 is 14.2 Å². The monoisotopic (exact) mass is 439 g/mol. The standard InChI is InChI=1S/C24H29N3O3S/c1-5-30-20(28)14-27-21-17(10-9-15(2)23(21)31-4)22(29)18-11-12-19(25-24(18)27)26(3)13-16-7-6-8-16/h9-12,16H,5-8,13-14H2,1-4H3. The number of nitrogens with zero attached hydrogens (tertiary/aromatic N) is 3. The van der Waals surface area contributed by atoms with Crippen LogP contribution >= 0.6 is 11.8 Å². The Hall–Kier alpha value is -2.54. The van der Waals surface area contributed by atoms with Gasteiger partial charge in [-0.1, -0.05) is 12.5 Å². The van der Waals surface area contributed by atoms with Crippen molar-refractivity contribution in [1.29, 1.82) is 0 Å². The van der Waals surface area contributed by atoms with Crippen LogP contribution in [0.25, 0.3) is 21.9 Å². The third-order valence-electron chi connectivity index (χ3n) is 6.15. The number of carbonyl (C=O) groups is 1. The lowest BCUT2D eigenvalue weighted by Crippen LogP contribution is -2.30. The molecule has 1 aliphatic carbocycles. The maximum Gasteiger partial charge on any atom is 0.326 e. The first-order valence-electron chi connectivity index (χ1n) is 10.8. The number of anilines is 1. The zero-order valence-electron chi connectivity index (χ0n) is 18.6. The van der Waals surface area contributed by atoms with Crippen LogP contribution < -0.4 is 10.3 Å². The summed E-state index contributed by atoms with van der Waals surface area (Å²) in [5.41, 5.74) is 2.30. The average molecular weight is 440 g/mol. The molecule has 0 unspecified atom stereocenters. The Kier molecular flexibility index (Phi) is 6.23. The number of benzene rings is 1. The van der Waals surface area contributed by atoms with E-state index in [-0.39, 0.29) is 17.9 Å². The Morgan fingerprint density at radius 1 is 1.26 bits per heavy atom. The Bertz CT molecular complexity index is 1200. The fourth-order valence-corrected chi connectivity index (χ4v) is 5.12. The smallest absolute Gasteiger partial charge is 0.326 e. The van der Waals surface area contributed by atoms with Gasteiger partial charge in [-0.05, 0) is 62.6 Å². The summed E-state index contributed by atoms with van der Waals surface area (Å²) in [7, 11) is 2.04. The molecule has 4 rings (SSSR count). The van der Waals surface area contributed by atoms with Crippen molar-refractivity contribution < 1.29 is 9.53 Å². The highest BCUT2D eigenvalue weighted by Gasteiger charge is 2.22. The summed E-state index contributed by atoms with van der Waals surface area (Å²) >= 11 is 1.58. The molecule has 3 aromatic rings. The fourth-order valence-electron chi connectivity index (χ4n) is 4.31. The number of thioether (sulfide) groups is 1. The van der Waals surface area contributed by atoms with Gasteiger partial charge in [0.25, 0.3) is 0 Å². The van der Waals surface area contributed by atoms with Crippen LogP contribution in [0.4, 0.5) is 5.82 Å². The van der Waals surface area contributed by atoms with Crippen molar-refractivity contribution in [3.63, 3.8) is 0 Å². The molecule has 1 aliphatic rings. The van der Waals surface area contributed by atoms with Crippen LogP contribution in [0.3, 0.4) is 0 Å². The van der Waals surface area contributed by atoms with Crippen LogP contribution in [-0.4, -0.2) is 42.0 Å². The Labute approximate surface area is 186 Å². The van der Waals surface area contributed by atoms with Crippen LogP contribution in [0.1, 0.15) is 31.7 Å². The molecule has 1 saturated carbocycles. The van der Waals surface area contributed by atoms with E-state index in [2.05, 4.69) is 4.90 Å². The quantitative estimate of drug-likeness (QED) is 0.309. The predicted octanol–water partition coefficient (Wildman–Crippen LogP) is 4.38. The maximum atomic E-state index is 13.4. The average Bonchev–Trinajstić information content (AvgIpc) is 2.73. The van der Waals surface area contributed by atoms with Gasteiger partial charge in [0.2, 0.25) is 0 Å². The molecule has 0 amide bonds. The summed E-state index contributed by atoms with van der Waals surface area (Å²) in [6.07, 6.45) is 5.80. The number of aromatic nitrogens is 2. The van der Waals surface area contributed by atoms with Crippen LogP contribution in [0.15, 0.2) is 34.0 Å². The molecule has 31 heavy (non-hydrogen) atoms. The fraction of sp³-hybridized carbons (Fsp3) is 0.458. The number of fused-ring (bicyclic) bond motifs is 2. The van der Waals surface area contributed by atoms with E-state index >= 15 is 0 Å². The molecule has 0 bridgehead atoms. The molecule has 1 fully saturated rings. The summed E-state index contributed by atoms with van der Waals surface area (Å²) in [4.78, 5) is 33.9. The molecule has 0 N–H and O–H groups in total. The van der Waals surface area contributed by atoms with Gasteiger partial charge in [-0.15, -0.1) is 11.8 Å². The largest absolute Gasteiger partial charge is 0.465 e. The molecular weight excluding hydrogens is 410 g/mol. The first-order chi connectivity index (χ1) is 14.9. The van der Waals surface area contributed by atoms with E-state index < -0.39 is 0 Å². The number of esters is 1. The highest BCUT2D eigenvalue weighted by atomic mass is 32.2. The third kappa shape index (κ3) is 4.03. The highest BCUT2D eigenvalue weighted by Crippen LogP contribution is 2.32. The van der Waals surface area contributed by atoms with E-state index in [1.807, 2.05) is 49.1 Å². The van der Waals surface area contributed by atoms with Gasteiger partial charge in [0.05, 0.1) is 17.5 Å². The first kappa shape index (κ1) is 21.7. The zero-order chi connectivity index (χ0) is 22.1. The summed E-state index contributed by atoms with van der Waals surface area (Å²) in [6, 6.07) is 7.57. The Balaban J connectivity index is 1.96. The van der Waals surface area contributed by atoms with E-state index in [0.29, 0.717) is 28.9 Å². The van der Waals surface area contributed by atoms with Gasteiger partial charge in [0.15, 0.2) is 5.43 Å². The lowest BCUT2D eigenvalue weighted by atomic mass is 9.85. The number of rotatable bonds is 7. The maximum absolute atomic E-state index is 13.4. The lowest BCUT2D eigenvalue weighted by molar-refractivity contribution is -0.143. The molecule has 0 spiro atoms. The van der Waals surface area contributed by atoms with Gasteiger partial charge in [0.1, 0.15) is 18.0 Å². The number of hydrogen-bond donors (Lipinski definition) is 0. The van der Waals surface area contributed by atoms with E-state index in [0.717, 1.165) is 28.3 Å². The highest BCUT2D eigenvalue weighted by molar-refractivity contribution is 7.98. The first-order valence-corrected chi connectivity index (χ1v) is 12.0. The number of hydrogen-bond acceptors (Lipinski definition) is 6. The normalized spacial score (nSPS) is 14.1. The Morgan fingerprint density at radius 2 is 2.00 bits per heavy atom. The molecule has 2 aromatic heterocycles. The molecule has 0 radical (unpaired) electrons. The van der Waals surface area contributed by atoms with E-state index in [4.69, 9.17) is 9.72 Å². The summed E-state index contributed by atoms with van der Waals surface area (Å²) in [5, 5.41) is 1.12. The van der Waals surface area contributed by atoms with Gasteiger partial charge in [-0.2, -0.15) is 0 Å². The second kappa shape index (κ2) is 8.91. The number of pyridine rings is 2. The molecule has 1 aromatic carbocycles. The molecule has 0 saturated heterocycles. The molecule has 7 heteroatoms. The molecule has 0 atom stereocenters. The van der Waals surface area contributed by atoms with Crippen molar-refractivity contribution in [1.82, 2.24) is 9.55 Å². The van der Waals surface area contributed by atoms with Gasteiger partial charge in [0, 0.05) is 23.9 Å². The summed E-state index contributed by atoms with van der Waals surface area (Å²) in [5.74, 6) is 1.18. The zero-order valence-corrected chi connectivity index (χ0v) is 19.4. The van der Waals surface area contributed by atoms with Gasteiger partial charge >= 0.3 is 5.97 Å². The minimum absolute atomic E-state index is 0.0148. The van der Waals surface area contributed by atoms with Crippen LogP contribution in [-0.2, 0) is 16.1 Å². The van der Waals surface area contributed by atoms with Crippen molar-refractivity contribution in [2.24, 2.45) is 5.92 Å². The van der Waals surface area contributed by atoms with Crippen LogP contribution in [0.5, 0.6) is 0 Å². The number of aryl methyl sites for hydroxylation is 1. The van der Waals surface area contributed by atoms with Crippen molar-refractivity contribution in [3.8, 4) is 0 Å². The summed E-state index contributed by atoms with van der Waals surface area (Å²) in [6.45, 7) is 5.09. The van der Waals surface area contributed by atoms with Gasteiger partial charge in [-0.25, -0.2) is 4.98 Å². The summed E-state index contributed by atoms with van der Waals surface area (Å²) < 4.78 is 7.11. The van der Waals surface area contributed by atoms with Crippen molar-refractivity contribution >= 4 is 45.5 Å². The number of ether oxygens (including phenoxy) is 1. The molecular formula is C24H29N3O3S. The van der Waals surface area contributed by atoms with Crippen molar-refractivity contribution in [2.45, 2.75) is 44.6 Å². The minimum Gasteiger partial charge on any atom is -0.465 e. The predicted molar refractivity (Wildman–Crippen MR) is 127 cm³/mol. The van der Waals surface area contributed by atoms with E-state index in [9.17, 15) is 9.59 Å². The topological polar surface area (TPSA) is 64.4 Å². The number of carbonyl (C=O) groups excluding carboxylic acids is 1.